The molecule has 0 radical (unpaired) electrons. The Bertz CT molecular complexity index is 939. The molecule has 2 aromatic rings. The van der Waals surface area contributed by atoms with Crippen molar-refractivity contribution in [3.63, 3.8) is 0 Å². The number of aryl methyl sites for hydroxylation is 2. The predicted molar refractivity (Wildman–Crippen MR) is 116 cm³/mol. The maximum Gasteiger partial charge on any atom is 0.272 e. The number of rotatable bonds is 9. The molecular formula is C21H30N6O3. The number of nitrogens with zero attached hydrogens (tertiary/aromatic N) is 3. The Kier molecular flexibility index (Phi) is 6.61. The van der Waals surface area contributed by atoms with Gasteiger partial charge in [0.05, 0.1) is 11.4 Å². The van der Waals surface area contributed by atoms with Crippen LogP contribution in [-0.2, 0) is 18.9 Å². The van der Waals surface area contributed by atoms with Gasteiger partial charge in [-0.2, -0.15) is 0 Å². The van der Waals surface area contributed by atoms with Crippen LogP contribution in [-0.4, -0.2) is 58.9 Å². The summed E-state index contributed by atoms with van der Waals surface area (Å²) in [6.07, 6.45) is 6.12. The molecule has 0 atom stereocenters. The zero-order valence-corrected chi connectivity index (χ0v) is 18.0. The van der Waals surface area contributed by atoms with Crippen LogP contribution < -0.4 is 16.0 Å². The molecular weight excluding hydrogens is 384 g/mol. The minimum Gasteiger partial charge on any atom is -0.351 e. The lowest BCUT2D eigenvalue weighted by Gasteiger charge is -2.10. The Balaban J connectivity index is 1.59. The highest BCUT2D eigenvalue weighted by atomic mass is 16.2. The van der Waals surface area contributed by atoms with Crippen molar-refractivity contribution in [1.82, 2.24) is 19.4 Å². The average Bonchev–Trinajstić information content (AvgIpc) is 3.37. The van der Waals surface area contributed by atoms with Gasteiger partial charge < -0.3 is 30.0 Å². The molecule has 2 aromatic heterocycles. The smallest absolute Gasteiger partial charge is 0.272 e. The van der Waals surface area contributed by atoms with E-state index in [9.17, 15) is 14.4 Å². The van der Waals surface area contributed by atoms with E-state index in [-0.39, 0.29) is 23.6 Å². The highest BCUT2D eigenvalue weighted by Gasteiger charge is 2.30. The van der Waals surface area contributed by atoms with Crippen LogP contribution in [0.25, 0.3) is 0 Å². The Morgan fingerprint density at radius 1 is 0.967 bits per heavy atom. The summed E-state index contributed by atoms with van der Waals surface area (Å²) in [5.74, 6) is -0.398. The number of carbonyl (C=O) groups is 3. The topological polar surface area (TPSA) is 100 Å². The third-order valence-corrected chi connectivity index (χ3v) is 5.02. The molecule has 0 unspecified atom stereocenters. The molecule has 3 amide bonds. The fourth-order valence-corrected chi connectivity index (χ4v) is 3.19. The first-order chi connectivity index (χ1) is 14.2. The third kappa shape index (κ3) is 5.50. The Labute approximate surface area is 176 Å². The van der Waals surface area contributed by atoms with Crippen LogP contribution in [0.2, 0.25) is 0 Å². The van der Waals surface area contributed by atoms with Gasteiger partial charge in [-0.15, -0.1) is 0 Å². The lowest BCUT2D eigenvalue weighted by Crippen LogP contribution is -2.28. The van der Waals surface area contributed by atoms with Gasteiger partial charge in [0.15, 0.2) is 0 Å². The van der Waals surface area contributed by atoms with Crippen LogP contribution >= 0.6 is 0 Å². The minimum atomic E-state index is -0.312. The largest absolute Gasteiger partial charge is 0.351 e. The fourth-order valence-electron chi connectivity index (χ4n) is 3.19. The summed E-state index contributed by atoms with van der Waals surface area (Å²) in [6, 6.07) is 3.30. The number of hydrogen-bond acceptors (Lipinski definition) is 4. The van der Waals surface area contributed by atoms with Crippen LogP contribution in [0.3, 0.4) is 0 Å². The van der Waals surface area contributed by atoms with Gasteiger partial charge in [-0.1, -0.05) is 0 Å². The molecule has 0 bridgehead atoms. The highest BCUT2D eigenvalue weighted by molar-refractivity contribution is 6.05. The monoisotopic (exact) mass is 414 g/mol. The molecule has 3 rings (SSSR count). The first kappa shape index (κ1) is 21.6. The van der Waals surface area contributed by atoms with Crippen molar-refractivity contribution >= 4 is 29.1 Å². The molecule has 1 aliphatic carbocycles. The molecule has 2 heterocycles. The SMILES string of the molecule is CN(C)CCCNC(=O)c1cc(NC(=O)c2cc(NC(=O)C3CC3)cn2C)cn1C. The molecule has 9 nitrogen and oxygen atoms in total. The first-order valence-corrected chi connectivity index (χ1v) is 10.1. The maximum atomic E-state index is 12.7. The molecule has 0 spiro atoms. The quantitative estimate of drug-likeness (QED) is 0.543. The molecule has 30 heavy (non-hydrogen) atoms. The van der Waals surface area contributed by atoms with Crippen molar-refractivity contribution < 1.29 is 14.4 Å². The molecule has 9 heteroatoms. The van der Waals surface area contributed by atoms with Crippen molar-refractivity contribution in [2.75, 3.05) is 37.8 Å². The number of aromatic nitrogens is 2. The molecule has 1 fully saturated rings. The molecule has 0 aliphatic heterocycles. The van der Waals surface area contributed by atoms with Crippen LogP contribution in [0.15, 0.2) is 24.5 Å². The normalized spacial score (nSPS) is 13.4. The number of hydrogen-bond donors (Lipinski definition) is 3. The Hall–Kier alpha value is -3.07. The summed E-state index contributed by atoms with van der Waals surface area (Å²) >= 11 is 0. The molecule has 0 saturated heterocycles. The van der Waals surface area contributed by atoms with E-state index in [1.807, 2.05) is 14.1 Å². The van der Waals surface area contributed by atoms with Crippen molar-refractivity contribution in [2.45, 2.75) is 19.3 Å². The van der Waals surface area contributed by atoms with Gasteiger partial charge in [0, 0.05) is 39.0 Å². The summed E-state index contributed by atoms with van der Waals surface area (Å²) in [4.78, 5) is 39.1. The van der Waals surface area contributed by atoms with E-state index in [1.54, 1.807) is 47.8 Å². The van der Waals surface area contributed by atoms with Crippen LogP contribution in [0.5, 0.6) is 0 Å². The summed E-state index contributed by atoms with van der Waals surface area (Å²) in [7, 11) is 7.49. The van der Waals surface area contributed by atoms with Gasteiger partial charge >= 0.3 is 0 Å². The van der Waals surface area contributed by atoms with E-state index in [0.29, 0.717) is 29.3 Å². The number of nitrogens with one attached hydrogen (secondary N) is 3. The molecule has 0 aromatic carbocycles. The molecule has 162 valence electrons. The fraction of sp³-hybridized carbons (Fsp3) is 0.476. The second kappa shape index (κ2) is 9.17. The Morgan fingerprint density at radius 3 is 2.10 bits per heavy atom. The number of carbonyl (C=O) groups excluding carboxylic acids is 3. The average molecular weight is 415 g/mol. The second-order valence-corrected chi connectivity index (χ2v) is 8.08. The molecule has 1 aliphatic rings. The molecule has 3 N–H and O–H groups in total. The van der Waals surface area contributed by atoms with E-state index >= 15 is 0 Å². The lowest BCUT2D eigenvalue weighted by molar-refractivity contribution is -0.117. The summed E-state index contributed by atoms with van der Waals surface area (Å²) in [5.41, 5.74) is 2.02. The highest BCUT2D eigenvalue weighted by Crippen LogP contribution is 2.30. The minimum absolute atomic E-state index is 0.00291. The zero-order valence-electron chi connectivity index (χ0n) is 18.0. The first-order valence-electron chi connectivity index (χ1n) is 10.1. The standard InChI is InChI=1S/C21H30N6O3/c1-25(2)9-5-8-22-20(29)17-10-16(13-26(17)3)24-21(30)18-11-15(12-27(18)4)23-19(28)14-6-7-14/h10-14H,5-9H2,1-4H3,(H,22,29)(H,23,28)(H,24,30). The van der Waals surface area contributed by atoms with E-state index < -0.39 is 0 Å². The van der Waals surface area contributed by atoms with Gasteiger partial charge in [-0.3, -0.25) is 14.4 Å². The number of amides is 3. The summed E-state index contributed by atoms with van der Waals surface area (Å²) in [6.45, 7) is 1.48. The summed E-state index contributed by atoms with van der Waals surface area (Å²) < 4.78 is 3.35. The summed E-state index contributed by atoms with van der Waals surface area (Å²) in [5, 5.41) is 8.56. The predicted octanol–water partition coefficient (Wildman–Crippen LogP) is 1.65. The van der Waals surface area contributed by atoms with Crippen LogP contribution in [0, 0.1) is 5.92 Å². The van der Waals surface area contributed by atoms with E-state index in [2.05, 4.69) is 20.9 Å². The van der Waals surface area contributed by atoms with Gasteiger partial charge in [0.1, 0.15) is 11.4 Å². The van der Waals surface area contributed by atoms with Crippen LogP contribution in [0.4, 0.5) is 11.4 Å². The van der Waals surface area contributed by atoms with Crippen molar-refractivity contribution in [2.24, 2.45) is 20.0 Å². The van der Waals surface area contributed by atoms with Crippen molar-refractivity contribution in [3.8, 4) is 0 Å². The van der Waals surface area contributed by atoms with Crippen LogP contribution in [0.1, 0.15) is 40.2 Å². The number of anilines is 2. The van der Waals surface area contributed by atoms with E-state index in [1.165, 1.54) is 0 Å². The second-order valence-electron chi connectivity index (χ2n) is 8.08. The lowest BCUT2D eigenvalue weighted by atomic mass is 10.3. The van der Waals surface area contributed by atoms with Gasteiger partial charge in [0.2, 0.25) is 5.91 Å². The Morgan fingerprint density at radius 2 is 1.53 bits per heavy atom. The maximum absolute atomic E-state index is 12.7. The van der Waals surface area contributed by atoms with Gasteiger partial charge in [-0.25, -0.2) is 0 Å². The molecule has 1 saturated carbocycles. The third-order valence-electron chi connectivity index (χ3n) is 5.02. The van der Waals surface area contributed by atoms with E-state index in [0.717, 1.165) is 25.8 Å². The zero-order chi connectivity index (χ0) is 21.8. The van der Waals surface area contributed by atoms with Crippen molar-refractivity contribution in [3.05, 3.63) is 35.9 Å². The van der Waals surface area contributed by atoms with Gasteiger partial charge in [-0.05, 0) is 52.0 Å². The van der Waals surface area contributed by atoms with E-state index in [4.69, 9.17) is 0 Å². The van der Waals surface area contributed by atoms with Gasteiger partial charge in [0.25, 0.3) is 11.8 Å². The van der Waals surface area contributed by atoms with Crippen molar-refractivity contribution in [1.29, 1.82) is 0 Å².